The molecule has 3 amide bonds. The van der Waals surface area contributed by atoms with E-state index >= 15 is 0 Å². The predicted molar refractivity (Wildman–Crippen MR) is 92.6 cm³/mol. The van der Waals surface area contributed by atoms with E-state index in [1.165, 1.54) is 13.3 Å². The zero-order chi connectivity index (χ0) is 17.5. The molecule has 1 saturated carbocycles. The molecule has 0 bridgehead atoms. The zero-order valence-corrected chi connectivity index (χ0v) is 15.1. The molecule has 0 unspecified atom stereocenters. The van der Waals surface area contributed by atoms with Crippen LogP contribution in [0.25, 0.3) is 0 Å². The van der Waals surface area contributed by atoms with Crippen LogP contribution in [-0.2, 0) is 9.53 Å². The Morgan fingerprint density at radius 1 is 1.12 bits per heavy atom. The number of esters is 1. The summed E-state index contributed by atoms with van der Waals surface area (Å²) in [4.78, 5) is 35.7. The van der Waals surface area contributed by atoms with Gasteiger partial charge in [0.05, 0.1) is 5.56 Å². The molecule has 1 aromatic carbocycles. The lowest BCUT2D eigenvalue weighted by Crippen LogP contribution is -2.48. The van der Waals surface area contributed by atoms with E-state index in [0.717, 1.165) is 30.2 Å². The van der Waals surface area contributed by atoms with Crippen molar-refractivity contribution in [1.82, 2.24) is 10.6 Å². The molecule has 24 heavy (non-hydrogen) atoms. The Morgan fingerprint density at radius 3 is 2.38 bits per heavy atom. The van der Waals surface area contributed by atoms with Crippen LogP contribution in [0, 0.1) is 0 Å². The van der Waals surface area contributed by atoms with Crippen molar-refractivity contribution in [2.45, 2.75) is 51.2 Å². The normalized spacial score (nSPS) is 16.1. The molecule has 130 valence electrons. The highest BCUT2D eigenvalue weighted by Crippen LogP contribution is 2.17. The van der Waals surface area contributed by atoms with Crippen LogP contribution in [0.4, 0.5) is 4.79 Å². The van der Waals surface area contributed by atoms with Crippen LogP contribution in [0.5, 0.6) is 0 Å². The molecule has 0 spiro atoms. The number of carbonyl (C=O) groups is 3. The summed E-state index contributed by atoms with van der Waals surface area (Å²) in [7, 11) is 0. The van der Waals surface area contributed by atoms with Crippen LogP contribution in [0.15, 0.2) is 28.7 Å². The fourth-order valence-corrected chi connectivity index (χ4v) is 2.81. The first kappa shape index (κ1) is 18.4. The Hall–Kier alpha value is -1.89. The molecular weight excluding hydrogens is 376 g/mol. The smallest absolute Gasteiger partial charge is 0.338 e. The van der Waals surface area contributed by atoms with Crippen molar-refractivity contribution in [3.8, 4) is 0 Å². The number of imide groups is 1. The summed E-state index contributed by atoms with van der Waals surface area (Å²) in [5.41, 5.74) is 0.338. The van der Waals surface area contributed by atoms with Crippen LogP contribution in [0.3, 0.4) is 0 Å². The number of urea groups is 1. The van der Waals surface area contributed by atoms with Gasteiger partial charge in [-0.1, -0.05) is 35.2 Å². The Kier molecular flexibility index (Phi) is 6.78. The average molecular weight is 397 g/mol. The summed E-state index contributed by atoms with van der Waals surface area (Å²) in [5, 5.41) is 5.00. The molecule has 1 aromatic rings. The highest BCUT2D eigenvalue weighted by atomic mass is 79.9. The molecule has 0 radical (unpaired) electrons. The van der Waals surface area contributed by atoms with Crippen LogP contribution in [0.2, 0.25) is 0 Å². The Labute approximate surface area is 149 Å². The maximum absolute atomic E-state index is 12.0. The summed E-state index contributed by atoms with van der Waals surface area (Å²) in [6.07, 6.45) is 4.14. The van der Waals surface area contributed by atoms with Crippen molar-refractivity contribution in [3.05, 3.63) is 34.3 Å². The second-order valence-electron chi connectivity index (χ2n) is 5.85. The Bertz CT molecular complexity index is 597. The van der Waals surface area contributed by atoms with Gasteiger partial charge in [-0.2, -0.15) is 0 Å². The van der Waals surface area contributed by atoms with E-state index in [2.05, 4.69) is 26.6 Å². The molecule has 0 saturated heterocycles. The molecule has 0 aliphatic heterocycles. The van der Waals surface area contributed by atoms with Gasteiger partial charge in [0, 0.05) is 10.5 Å². The van der Waals surface area contributed by atoms with Crippen LogP contribution < -0.4 is 10.6 Å². The standard InChI is InChI=1S/C17H21BrN2O4/c1-11(24-16(22)12-7-9-13(18)10-8-12)15(21)20-17(23)19-14-5-3-2-4-6-14/h7-11,14H,2-6H2,1H3,(H2,19,20,21,23)/t11-/m1/s1. The van der Waals surface area contributed by atoms with Gasteiger partial charge in [-0.05, 0) is 44.0 Å². The third kappa shape index (κ3) is 5.63. The van der Waals surface area contributed by atoms with Gasteiger partial charge in [-0.25, -0.2) is 9.59 Å². The largest absolute Gasteiger partial charge is 0.449 e. The van der Waals surface area contributed by atoms with Crippen LogP contribution >= 0.6 is 15.9 Å². The summed E-state index contributed by atoms with van der Waals surface area (Å²) in [5.74, 6) is -1.26. The molecule has 0 heterocycles. The fourth-order valence-electron chi connectivity index (χ4n) is 2.55. The molecule has 2 rings (SSSR count). The van der Waals surface area contributed by atoms with Gasteiger partial charge in [-0.15, -0.1) is 0 Å². The highest BCUT2D eigenvalue weighted by molar-refractivity contribution is 9.10. The summed E-state index contributed by atoms with van der Waals surface area (Å²) < 4.78 is 5.92. The first-order chi connectivity index (χ1) is 11.5. The van der Waals surface area contributed by atoms with Crippen molar-refractivity contribution in [2.24, 2.45) is 0 Å². The quantitative estimate of drug-likeness (QED) is 0.765. The highest BCUT2D eigenvalue weighted by Gasteiger charge is 2.22. The summed E-state index contributed by atoms with van der Waals surface area (Å²) in [6, 6.07) is 6.16. The number of benzene rings is 1. The number of carbonyl (C=O) groups excluding carboxylic acids is 3. The number of amides is 3. The fraction of sp³-hybridized carbons (Fsp3) is 0.471. The maximum atomic E-state index is 12.0. The number of ether oxygens (including phenoxy) is 1. The number of nitrogens with one attached hydrogen (secondary N) is 2. The molecule has 2 N–H and O–H groups in total. The van der Waals surface area contributed by atoms with Crippen molar-refractivity contribution in [3.63, 3.8) is 0 Å². The second kappa shape index (κ2) is 8.82. The van der Waals surface area contributed by atoms with E-state index in [9.17, 15) is 14.4 Å². The Morgan fingerprint density at radius 2 is 1.75 bits per heavy atom. The van der Waals surface area contributed by atoms with Crippen molar-refractivity contribution < 1.29 is 19.1 Å². The monoisotopic (exact) mass is 396 g/mol. The minimum absolute atomic E-state index is 0.104. The molecule has 1 aliphatic rings. The van der Waals surface area contributed by atoms with Gasteiger partial charge in [0.15, 0.2) is 6.10 Å². The van der Waals surface area contributed by atoms with Gasteiger partial charge < -0.3 is 10.1 Å². The van der Waals surface area contributed by atoms with E-state index in [1.54, 1.807) is 24.3 Å². The molecular formula is C17H21BrN2O4. The second-order valence-corrected chi connectivity index (χ2v) is 6.77. The molecule has 0 aromatic heterocycles. The van der Waals surface area contributed by atoms with Gasteiger partial charge in [0.25, 0.3) is 5.91 Å². The number of halogens is 1. The number of hydrogen-bond acceptors (Lipinski definition) is 4. The number of hydrogen-bond donors (Lipinski definition) is 2. The Balaban J connectivity index is 1.79. The lowest BCUT2D eigenvalue weighted by atomic mass is 9.96. The van der Waals surface area contributed by atoms with Gasteiger partial charge in [0.1, 0.15) is 0 Å². The maximum Gasteiger partial charge on any atom is 0.338 e. The number of rotatable bonds is 4. The van der Waals surface area contributed by atoms with Crippen LogP contribution in [-0.4, -0.2) is 30.1 Å². The van der Waals surface area contributed by atoms with E-state index in [0.29, 0.717) is 5.56 Å². The lowest BCUT2D eigenvalue weighted by Gasteiger charge is -2.23. The van der Waals surface area contributed by atoms with E-state index in [1.807, 2.05) is 0 Å². The third-order valence-electron chi connectivity index (χ3n) is 3.91. The molecule has 1 aliphatic carbocycles. The van der Waals surface area contributed by atoms with Crippen molar-refractivity contribution in [2.75, 3.05) is 0 Å². The first-order valence-electron chi connectivity index (χ1n) is 8.03. The minimum Gasteiger partial charge on any atom is -0.449 e. The van der Waals surface area contributed by atoms with Gasteiger partial charge >= 0.3 is 12.0 Å². The topological polar surface area (TPSA) is 84.5 Å². The predicted octanol–water partition coefficient (Wildman–Crippen LogP) is 3.15. The minimum atomic E-state index is -1.06. The zero-order valence-electron chi connectivity index (χ0n) is 13.5. The van der Waals surface area contributed by atoms with Gasteiger partial charge in [0.2, 0.25) is 0 Å². The van der Waals surface area contributed by atoms with Crippen LogP contribution in [0.1, 0.15) is 49.4 Å². The molecule has 6 nitrogen and oxygen atoms in total. The van der Waals surface area contributed by atoms with Gasteiger partial charge in [-0.3, -0.25) is 10.1 Å². The molecule has 7 heteroatoms. The van der Waals surface area contributed by atoms with E-state index in [4.69, 9.17) is 4.74 Å². The molecule has 1 atom stereocenters. The van der Waals surface area contributed by atoms with Crippen molar-refractivity contribution >= 4 is 33.8 Å². The summed E-state index contributed by atoms with van der Waals surface area (Å²) >= 11 is 3.28. The van der Waals surface area contributed by atoms with E-state index < -0.39 is 24.0 Å². The summed E-state index contributed by atoms with van der Waals surface area (Å²) in [6.45, 7) is 1.43. The third-order valence-corrected chi connectivity index (χ3v) is 4.44. The first-order valence-corrected chi connectivity index (χ1v) is 8.83. The van der Waals surface area contributed by atoms with Crippen molar-refractivity contribution in [1.29, 1.82) is 0 Å². The lowest BCUT2D eigenvalue weighted by molar-refractivity contribution is -0.127. The average Bonchev–Trinajstić information content (AvgIpc) is 2.56. The SMILES string of the molecule is C[C@@H](OC(=O)c1ccc(Br)cc1)C(=O)NC(=O)NC1CCCCC1. The molecule has 1 fully saturated rings. The van der Waals surface area contributed by atoms with E-state index in [-0.39, 0.29) is 6.04 Å².